The quantitative estimate of drug-likeness (QED) is 0.592. The monoisotopic (exact) mass is 166 g/mol. The zero-order chi connectivity index (χ0) is 8.32. The molecule has 0 aliphatic carbocycles. The van der Waals surface area contributed by atoms with Gasteiger partial charge in [0.05, 0.1) is 0 Å². The van der Waals surface area contributed by atoms with Gasteiger partial charge in [-0.15, -0.1) is 8.58 Å². The van der Waals surface area contributed by atoms with Crippen LogP contribution in [0.5, 0.6) is 0 Å². The Hall–Kier alpha value is -0.350. The van der Waals surface area contributed by atoms with Gasteiger partial charge in [0, 0.05) is 5.16 Å². The number of hydrogen-bond acceptors (Lipinski definition) is 0. The Kier molecular flexibility index (Phi) is 2.67. The molecular formula is C10H15P. The molecule has 0 aliphatic heterocycles. The van der Waals surface area contributed by atoms with Crippen molar-refractivity contribution >= 4 is 8.58 Å². The predicted octanol–water partition coefficient (Wildman–Crippen LogP) is 3.23. The summed E-state index contributed by atoms with van der Waals surface area (Å²) < 4.78 is 0. The smallest absolute Gasteiger partial charge is 0.00672 e. The lowest BCUT2D eigenvalue weighted by Gasteiger charge is -2.22. The van der Waals surface area contributed by atoms with Gasteiger partial charge in [-0.25, -0.2) is 0 Å². The van der Waals surface area contributed by atoms with E-state index in [1.54, 1.807) is 0 Å². The van der Waals surface area contributed by atoms with E-state index < -0.39 is 0 Å². The fraction of sp³-hybridized carbons (Fsp3) is 0.400. The van der Waals surface area contributed by atoms with Crippen molar-refractivity contribution in [1.29, 1.82) is 0 Å². The average Bonchev–Trinajstić information content (AvgIpc) is 2.06. The van der Waals surface area contributed by atoms with Crippen LogP contribution in [0.4, 0.5) is 0 Å². The molecule has 0 aliphatic rings. The molecule has 1 rings (SSSR count). The molecular weight excluding hydrogens is 151 g/mol. The lowest BCUT2D eigenvalue weighted by molar-refractivity contribution is 0.776. The lowest BCUT2D eigenvalue weighted by atomic mass is 10.0. The summed E-state index contributed by atoms with van der Waals surface area (Å²) in [6, 6.07) is 10.7. The maximum absolute atomic E-state index is 2.29. The van der Waals surface area contributed by atoms with Crippen molar-refractivity contribution in [3.05, 3.63) is 35.9 Å². The molecule has 1 unspecified atom stereocenters. The Balaban J connectivity index is 2.93. The number of benzene rings is 1. The molecule has 0 nitrogen and oxygen atoms in total. The fourth-order valence-corrected chi connectivity index (χ4v) is 1.45. The molecule has 0 saturated carbocycles. The first-order chi connectivity index (χ1) is 5.17. The first-order valence-electron chi connectivity index (χ1n) is 3.91. The number of hydrogen-bond donors (Lipinski definition) is 0. The highest BCUT2D eigenvalue weighted by Gasteiger charge is 2.16. The predicted molar refractivity (Wildman–Crippen MR) is 53.7 cm³/mol. The summed E-state index contributed by atoms with van der Waals surface area (Å²) in [5, 5.41) is 0.362. The fourth-order valence-electron chi connectivity index (χ4n) is 0.999. The van der Waals surface area contributed by atoms with Crippen molar-refractivity contribution in [2.45, 2.75) is 19.0 Å². The highest BCUT2D eigenvalue weighted by molar-refractivity contribution is 7.38. The molecule has 1 heteroatoms. The maximum Gasteiger partial charge on any atom is 0.00672 e. The molecule has 11 heavy (non-hydrogen) atoms. The van der Waals surface area contributed by atoms with E-state index in [1.807, 2.05) is 0 Å². The SMILES string of the molecule is CPC(C)(C)c1ccccc1. The minimum absolute atomic E-state index is 0.362. The largest absolute Gasteiger partial charge is 0.115 e. The molecule has 0 radical (unpaired) electrons. The van der Waals surface area contributed by atoms with Crippen molar-refractivity contribution in [2.24, 2.45) is 0 Å². The van der Waals surface area contributed by atoms with Gasteiger partial charge in [0.15, 0.2) is 0 Å². The van der Waals surface area contributed by atoms with E-state index in [0.29, 0.717) is 5.16 Å². The zero-order valence-electron chi connectivity index (χ0n) is 7.39. The van der Waals surface area contributed by atoms with Crippen LogP contribution in [-0.4, -0.2) is 6.66 Å². The first-order valence-corrected chi connectivity index (χ1v) is 5.41. The average molecular weight is 166 g/mol. The second-order valence-electron chi connectivity index (χ2n) is 3.24. The summed E-state index contributed by atoms with van der Waals surface area (Å²) in [6.45, 7) is 6.84. The van der Waals surface area contributed by atoms with E-state index in [2.05, 4.69) is 50.8 Å². The van der Waals surface area contributed by atoms with Crippen molar-refractivity contribution in [1.82, 2.24) is 0 Å². The van der Waals surface area contributed by atoms with Gasteiger partial charge in [0.1, 0.15) is 0 Å². The molecule has 0 saturated heterocycles. The highest BCUT2D eigenvalue weighted by atomic mass is 31.1. The molecule has 0 fully saturated rings. The van der Waals surface area contributed by atoms with Crippen LogP contribution in [0.25, 0.3) is 0 Å². The summed E-state index contributed by atoms with van der Waals surface area (Å²) in [5.74, 6) is 0. The Morgan fingerprint density at radius 1 is 1.09 bits per heavy atom. The summed E-state index contributed by atoms with van der Waals surface area (Å²) in [4.78, 5) is 0. The van der Waals surface area contributed by atoms with Gasteiger partial charge in [-0.3, -0.25) is 0 Å². The molecule has 0 spiro atoms. The van der Waals surface area contributed by atoms with Gasteiger partial charge in [-0.2, -0.15) is 0 Å². The molecule has 0 N–H and O–H groups in total. The van der Waals surface area contributed by atoms with E-state index in [-0.39, 0.29) is 0 Å². The third kappa shape index (κ3) is 2.04. The summed E-state index contributed by atoms with van der Waals surface area (Å²) in [6.07, 6.45) is 0. The van der Waals surface area contributed by atoms with Crippen LogP contribution in [-0.2, 0) is 5.16 Å². The minimum Gasteiger partial charge on any atom is -0.115 e. The second-order valence-corrected chi connectivity index (χ2v) is 4.99. The van der Waals surface area contributed by atoms with Crippen molar-refractivity contribution in [2.75, 3.05) is 6.66 Å². The van der Waals surface area contributed by atoms with Crippen LogP contribution in [0, 0.1) is 0 Å². The molecule has 60 valence electrons. The number of rotatable bonds is 2. The molecule has 1 aromatic rings. The van der Waals surface area contributed by atoms with Crippen molar-refractivity contribution in [3.8, 4) is 0 Å². The van der Waals surface area contributed by atoms with Gasteiger partial charge in [-0.1, -0.05) is 44.2 Å². The Morgan fingerprint density at radius 3 is 2.09 bits per heavy atom. The summed E-state index contributed by atoms with van der Waals surface area (Å²) in [5.41, 5.74) is 1.45. The van der Waals surface area contributed by atoms with Gasteiger partial charge in [-0.05, 0) is 12.2 Å². The van der Waals surface area contributed by atoms with E-state index >= 15 is 0 Å². The van der Waals surface area contributed by atoms with E-state index in [4.69, 9.17) is 0 Å². The standard InChI is InChI=1S/C10H15P/c1-10(2,11-3)9-7-5-4-6-8-9/h4-8,11H,1-3H3. The van der Waals surface area contributed by atoms with Gasteiger partial charge >= 0.3 is 0 Å². The molecule has 1 atom stereocenters. The second kappa shape index (κ2) is 3.36. The van der Waals surface area contributed by atoms with Crippen LogP contribution in [0.15, 0.2) is 30.3 Å². The molecule has 0 bridgehead atoms. The lowest BCUT2D eigenvalue weighted by Crippen LogP contribution is -2.08. The van der Waals surface area contributed by atoms with E-state index in [9.17, 15) is 0 Å². The first kappa shape index (κ1) is 8.74. The minimum atomic E-state index is 0.362. The van der Waals surface area contributed by atoms with Crippen LogP contribution in [0.2, 0.25) is 0 Å². The molecule has 0 amide bonds. The van der Waals surface area contributed by atoms with E-state index in [0.717, 1.165) is 8.58 Å². The highest BCUT2D eigenvalue weighted by Crippen LogP contribution is 2.37. The van der Waals surface area contributed by atoms with Gasteiger partial charge in [0.25, 0.3) is 0 Å². The van der Waals surface area contributed by atoms with Gasteiger partial charge < -0.3 is 0 Å². The third-order valence-electron chi connectivity index (χ3n) is 2.12. The normalized spacial score (nSPS) is 12.6. The van der Waals surface area contributed by atoms with Crippen LogP contribution >= 0.6 is 8.58 Å². The summed E-state index contributed by atoms with van der Waals surface area (Å²) >= 11 is 0. The zero-order valence-corrected chi connectivity index (χ0v) is 8.39. The molecule has 0 aromatic heterocycles. The van der Waals surface area contributed by atoms with Crippen molar-refractivity contribution < 1.29 is 0 Å². The topological polar surface area (TPSA) is 0 Å². The van der Waals surface area contributed by atoms with Crippen LogP contribution < -0.4 is 0 Å². The Morgan fingerprint density at radius 2 is 1.64 bits per heavy atom. The summed E-state index contributed by atoms with van der Waals surface area (Å²) in [7, 11) is 0.962. The van der Waals surface area contributed by atoms with Gasteiger partial charge in [0.2, 0.25) is 0 Å². The maximum atomic E-state index is 2.29. The molecule has 0 heterocycles. The van der Waals surface area contributed by atoms with Crippen molar-refractivity contribution in [3.63, 3.8) is 0 Å². The Labute approximate surface area is 70.8 Å². The molecule has 1 aromatic carbocycles. The van der Waals surface area contributed by atoms with Crippen LogP contribution in [0.3, 0.4) is 0 Å². The third-order valence-corrected chi connectivity index (χ3v) is 3.66. The van der Waals surface area contributed by atoms with E-state index in [1.165, 1.54) is 5.56 Å². The van der Waals surface area contributed by atoms with Crippen LogP contribution in [0.1, 0.15) is 19.4 Å². The Bertz CT molecular complexity index is 214.